The molecule has 0 aromatic heterocycles. The first-order valence-electron chi connectivity index (χ1n) is 5.05. The van der Waals surface area contributed by atoms with Gasteiger partial charge in [0, 0.05) is 0 Å². The van der Waals surface area contributed by atoms with E-state index in [9.17, 15) is 4.79 Å². The molecule has 0 bridgehead atoms. The highest BCUT2D eigenvalue weighted by Crippen LogP contribution is 2.03. The van der Waals surface area contributed by atoms with E-state index in [-0.39, 0.29) is 0 Å². The number of rotatable bonds is 2. The average Bonchev–Trinajstić information content (AvgIpc) is 2.39. The van der Waals surface area contributed by atoms with Gasteiger partial charge in [-0.25, -0.2) is 4.79 Å². The lowest BCUT2D eigenvalue weighted by Gasteiger charge is -2.00. The Bertz CT molecular complexity index is 510. The van der Waals surface area contributed by atoms with Crippen LogP contribution in [0.15, 0.2) is 59.8 Å². The number of carbonyl (C=O) groups is 1. The van der Waals surface area contributed by atoms with E-state index < -0.39 is 5.97 Å². The van der Waals surface area contributed by atoms with Gasteiger partial charge in [-0.3, -0.25) is 0 Å². The van der Waals surface area contributed by atoms with Crippen molar-refractivity contribution in [2.24, 2.45) is 5.16 Å². The maximum atomic E-state index is 11.5. The minimum absolute atomic E-state index is 0.387. The predicted molar refractivity (Wildman–Crippen MR) is 65.3 cm³/mol. The topological polar surface area (TPSA) is 62.5 Å². The largest absolute Gasteiger partial charge is 0.365 e. The fourth-order valence-corrected chi connectivity index (χ4v) is 1.24. The highest BCUT2D eigenvalue weighted by atomic mass is 16.7. The van der Waals surface area contributed by atoms with E-state index in [2.05, 4.69) is 5.16 Å². The van der Waals surface area contributed by atoms with Gasteiger partial charge in [0.2, 0.25) is 0 Å². The van der Waals surface area contributed by atoms with E-state index in [1.165, 1.54) is 0 Å². The molecule has 0 amide bonds. The Labute approximate surface area is 98.4 Å². The van der Waals surface area contributed by atoms with E-state index in [1.807, 2.05) is 6.07 Å². The molecule has 84 valence electrons. The molecule has 0 saturated heterocycles. The van der Waals surface area contributed by atoms with E-state index >= 15 is 0 Å². The number of oxime groups is 1. The standard InChI is InChI=1S/C13H10N2O2/c14-11-6-8-12(9-7-11)15-17-13(16)10-4-2-1-3-5-10/h1-9,14H. The van der Waals surface area contributed by atoms with E-state index in [0.717, 1.165) is 0 Å². The molecule has 0 radical (unpaired) electrons. The van der Waals surface area contributed by atoms with Crippen molar-refractivity contribution in [2.75, 3.05) is 0 Å². The van der Waals surface area contributed by atoms with Gasteiger partial charge in [0.1, 0.15) is 5.71 Å². The summed E-state index contributed by atoms with van der Waals surface area (Å²) in [5, 5.41) is 11.0. The van der Waals surface area contributed by atoms with Crippen LogP contribution < -0.4 is 0 Å². The number of carbonyl (C=O) groups excluding carboxylic acids is 1. The van der Waals surface area contributed by atoms with Crippen molar-refractivity contribution in [2.45, 2.75) is 0 Å². The average molecular weight is 226 g/mol. The van der Waals surface area contributed by atoms with Crippen LogP contribution in [0.3, 0.4) is 0 Å². The molecule has 0 saturated carbocycles. The molecule has 4 nitrogen and oxygen atoms in total. The van der Waals surface area contributed by atoms with E-state index in [1.54, 1.807) is 48.6 Å². The second kappa shape index (κ2) is 5.03. The predicted octanol–water partition coefficient (Wildman–Crippen LogP) is 2.35. The Hall–Kier alpha value is -2.49. The van der Waals surface area contributed by atoms with Crippen LogP contribution in [0, 0.1) is 5.41 Å². The molecule has 0 fully saturated rings. The monoisotopic (exact) mass is 226 g/mol. The maximum Gasteiger partial charge on any atom is 0.365 e. The SMILES string of the molecule is N=C1C=CC(=NOC(=O)c2ccccc2)C=C1. The van der Waals surface area contributed by atoms with Crippen LogP contribution in [0.1, 0.15) is 10.4 Å². The van der Waals surface area contributed by atoms with Crippen molar-refractivity contribution in [1.29, 1.82) is 5.41 Å². The molecule has 0 unspecified atom stereocenters. The van der Waals surface area contributed by atoms with Crippen LogP contribution >= 0.6 is 0 Å². The summed E-state index contributed by atoms with van der Waals surface area (Å²) in [5.41, 5.74) is 1.34. The zero-order valence-electron chi connectivity index (χ0n) is 8.96. The Balaban J connectivity index is 2.02. The minimum atomic E-state index is -0.499. The summed E-state index contributed by atoms with van der Waals surface area (Å²) in [6.07, 6.45) is 6.38. The lowest BCUT2D eigenvalue weighted by Crippen LogP contribution is -2.04. The molecular formula is C13H10N2O2. The molecule has 0 atom stereocenters. The molecule has 1 aromatic rings. The van der Waals surface area contributed by atoms with Crippen molar-refractivity contribution in [3.05, 3.63) is 60.2 Å². The summed E-state index contributed by atoms with van der Waals surface area (Å²) >= 11 is 0. The lowest BCUT2D eigenvalue weighted by atomic mass is 10.1. The van der Waals surface area contributed by atoms with Crippen molar-refractivity contribution in [3.8, 4) is 0 Å². The van der Waals surface area contributed by atoms with Gasteiger partial charge in [-0.2, -0.15) is 0 Å². The third-order valence-corrected chi connectivity index (χ3v) is 2.11. The van der Waals surface area contributed by atoms with Crippen LogP contribution in [0.5, 0.6) is 0 Å². The van der Waals surface area contributed by atoms with Gasteiger partial charge in [-0.05, 0) is 36.4 Å². The number of allylic oxidation sites excluding steroid dienone is 4. The number of nitrogens with one attached hydrogen (secondary N) is 1. The van der Waals surface area contributed by atoms with Gasteiger partial charge in [-0.15, -0.1) is 0 Å². The first kappa shape index (κ1) is 11.0. The molecule has 1 aromatic carbocycles. The fourth-order valence-electron chi connectivity index (χ4n) is 1.24. The number of benzene rings is 1. The maximum absolute atomic E-state index is 11.5. The smallest absolute Gasteiger partial charge is 0.312 e. The van der Waals surface area contributed by atoms with Crippen molar-refractivity contribution < 1.29 is 9.63 Å². The van der Waals surface area contributed by atoms with Crippen LogP contribution in [-0.2, 0) is 4.84 Å². The van der Waals surface area contributed by atoms with E-state index in [4.69, 9.17) is 10.2 Å². The van der Waals surface area contributed by atoms with Crippen LogP contribution in [0.25, 0.3) is 0 Å². The van der Waals surface area contributed by atoms with Crippen LogP contribution in [-0.4, -0.2) is 17.4 Å². The van der Waals surface area contributed by atoms with Gasteiger partial charge in [0.25, 0.3) is 0 Å². The molecule has 1 aliphatic rings. The second-order valence-electron chi connectivity index (χ2n) is 3.38. The molecule has 17 heavy (non-hydrogen) atoms. The summed E-state index contributed by atoms with van der Waals surface area (Å²) in [7, 11) is 0. The van der Waals surface area contributed by atoms with E-state index in [0.29, 0.717) is 17.0 Å². The second-order valence-corrected chi connectivity index (χ2v) is 3.38. The molecule has 0 heterocycles. The molecule has 1 N–H and O–H groups in total. The third kappa shape index (κ3) is 2.98. The zero-order chi connectivity index (χ0) is 12.1. The Morgan fingerprint density at radius 3 is 2.35 bits per heavy atom. The number of hydrogen-bond donors (Lipinski definition) is 1. The molecular weight excluding hydrogens is 216 g/mol. The molecule has 2 rings (SSSR count). The van der Waals surface area contributed by atoms with Gasteiger partial charge < -0.3 is 10.2 Å². The quantitative estimate of drug-likeness (QED) is 0.478. The Morgan fingerprint density at radius 1 is 1.06 bits per heavy atom. The minimum Gasteiger partial charge on any atom is -0.312 e. The van der Waals surface area contributed by atoms with Gasteiger partial charge >= 0.3 is 5.97 Å². The molecule has 0 spiro atoms. The van der Waals surface area contributed by atoms with Crippen molar-refractivity contribution in [1.82, 2.24) is 0 Å². The summed E-state index contributed by atoms with van der Waals surface area (Å²) < 4.78 is 0. The van der Waals surface area contributed by atoms with Gasteiger partial charge in [0.15, 0.2) is 0 Å². The summed E-state index contributed by atoms with van der Waals surface area (Å²) in [6.45, 7) is 0. The van der Waals surface area contributed by atoms with Gasteiger partial charge in [0.05, 0.1) is 11.3 Å². The highest BCUT2D eigenvalue weighted by Gasteiger charge is 2.06. The summed E-state index contributed by atoms with van der Waals surface area (Å²) in [5.74, 6) is -0.499. The molecule has 4 heteroatoms. The Morgan fingerprint density at radius 2 is 1.71 bits per heavy atom. The first-order valence-corrected chi connectivity index (χ1v) is 5.05. The third-order valence-electron chi connectivity index (χ3n) is 2.11. The molecule has 0 aliphatic heterocycles. The van der Waals surface area contributed by atoms with Crippen molar-refractivity contribution >= 4 is 17.4 Å². The van der Waals surface area contributed by atoms with Crippen LogP contribution in [0.4, 0.5) is 0 Å². The fraction of sp³-hybridized carbons (Fsp3) is 0. The first-order chi connectivity index (χ1) is 8.25. The van der Waals surface area contributed by atoms with Crippen molar-refractivity contribution in [3.63, 3.8) is 0 Å². The van der Waals surface area contributed by atoms with Crippen LogP contribution in [0.2, 0.25) is 0 Å². The highest BCUT2D eigenvalue weighted by molar-refractivity contribution is 6.17. The zero-order valence-corrected chi connectivity index (χ0v) is 8.96. The number of nitrogens with zero attached hydrogens (tertiary/aromatic N) is 1. The van der Waals surface area contributed by atoms with Gasteiger partial charge in [-0.1, -0.05) is 23.4 Å². The lowest BCUT2D eigenvalue weighted by molar-refractivity contribution is 0.0517. The Kier molecular flexibility index (Phi) is 3.25. The molecule has 1 aliphatic carbocycles. The normalized spacial score (nSPS) is 13.6. The summed E-state index contributed by atoms with van der Waals surface area (Å²) in [6, 6.07) is 8.65. The summed E-state index contributed by atoms with van der Waals surface area (Å²) in [4.78, 5) is 16.3. The number of hydrogen-bond acceptors (Lipinski definition) is 4.